The fraction of sp³-hybridized carbons (Fsp3) is 0.533. The van der Waals surface area contributed by atoms with Crippen LogP contribution in [0.4, 0.5) is 0 Å². The summed E-state index contributed by atoms with van der Waals surface area (Å²) in [6.45, 7) is 3.39. The van der Waals surface area contributed by atoms with E-state index < -0.39 is 0 Å². The molecule has 38 heavy (non-hydrogen) atoms. The van der Waals surface area contributed by atoms with Gasteiger partial charge in [0.2, 0.25) is 11.8 Å². The van der Waals surface area contributed by atoms with Crippen molar-refractivity contribution < 1.29 is 19.1 Å². The van der Waals surface area contributed by atoms with Crippen LogP contribution in [-0.2, 0) is 14.3 Å². The number of aromatic nitrogens is 3. The van der Waals surface area contributed by atoms with Crippen LogP contribution in [0.1, 0.15) is 76.6 Å². The lowest BCUT2D eigenvalue weighted by Gasteiger charge is -2.23. The maximum absolute atomic E-state index is 13.3. The van der Waals surface area contributed by atoms with E-state index in [2.05, 4.69) is 21.4 Å². The number of unbranched alkanes of at least 4 members (excludes halogenated alkanes) is 2. The number of benzene rings is 1. The Morgan fingerprint density at radius 2 is 2.03 bits per heavy atom. The number of ether oxygens (including phenoxy) is 2. The van der Waals surface area contributed by atoms with Crippen LogP contribution in [0.2, 0.25) is 0 Å². The normalized spacial score (nSPS) is 18.8. The first-order valence-corrected chi connectivity index (χ1v) is 13.9. The first-order chi connectivity index (χ1) is 18.5. The van der Waals surface area contributed by atoms with Crippen LogP contribution in [-0.4, -0.2) is 47.0 Å². The van der Waals surface area contributed by atoms with Crippen molar-refractivity contribution in [2.45, 2.75) is 70.8 Å². The molecule has 0 unspecified atom stereocenters. The highest BCUT2D eigenvalue weighted by Crippen LogP contribution is 2.59. The molecule has 2 N–H and O–H groups in total. The highest BCUT2D eigenvalue weighted by Gasteiger charge is 2.58. The Balaban J connectivity index is 1.33. The second-order valence-electron chi connectivity index (χ2n) is 10.7. The van der Waals surface area contributed by atoms with Crippen LogP contribution < -0.4 is 10.1 Å². The number of carbonyl (C=O) groups excluding carboxylic acids is 2. The Morgan fingerprint density at radius 3 is 2.82 bits per heavy atom. The molecule has 5 rings (SSSR count). The van der Waals surface area contributed by atoms with Crippen molar-refractivity contribution in [2.24, 2.45) is 11.3 Å². The number of pyridine rings is 1. The molecule has 1 amide bonds. The number of aromatic amines is 1. The van der Waals surface area contributed by atoms with E-state index in [0.29, 0.717) is 24.5 Å². The Bertz CT molecular complexity index is 1280. The van der Waals surface area contributed by atoms with Crippen LogP contribution in [0.15, 0.2) is 36.5 Å². The third kappa shape index (κ3) is 5.75. The van der Waals surface area contributed by atoms with Gasteiger partial charge in [0, 0.05) is 37.4 Å². The van der Waals surface area contributed by atoms with Crippen molar-refractivity contribution in [1.29, 1.82) is 0 Å². The summed E-state index contributed by atoms with van der Waals surface area (Å²) in [4.78, 5) is 37.8. The molecule has 1 aromatic carbocycles. The summed E-state index contributed by atoms with van der Waals surface area (Å²) in [6, 6.07) is 9.75. The maximum atomic E-state index is 13.3. The van der Waals surface area contributed by atoms with Gasteiger partial charge < -0.3 is 19.8 Å². The molecule has 8 nitrogen and oxygen atoms in total. The average molecular weight is 519 g/mol. The summed E-state index contributed by atoms with van der Waals surface area (Å²) < 4.78 is 11.1. The van der Waals surface area contributed by atoms with Crippen molar-refractivity contribution in [3.8, 4) is 17.1 Å². The van der Waals surface area contributed by atoms with Gasteiger partial charge in [-0.25, -0.2) is 9.97 Å². The Morgan fingerprint density at radius 1 is 1.21 bits per heavy atom. The van der Waals surface area contributed by atoms with E-state index in [-0.39, 0.29) is 23.3 Å². The summed E-state index contributed by atoms with van der Waals surface area (Å²) in [5.41, 5.74) is 2.61. The number of hydrogen-bond acceptors (Lipinski definition) is 6. The van der Waals surface area contributed by atoms with Crippen LogP contribution in [0.25, 0.3) is 22.2 Å². The molecular weight excluding hydrogens is 480 g/mol. The molecule has 3 heterocycles. The van der Waals surface area contributed by atoms with Gasteiger partial charge in [-0.15, -0.1) is 0 Å². The lowest BCUT2D eigenvalue weighted by atomic mass is 9.93. The van der Waals surface area contributed by atoms with Crippen LogP contribution in [0, 0.1) is 11.3 Å². The number of para-hydroxylation sites is 1. The van der Waals surface area contributed by atoms with E-state index in [1.54, 1.807) is 13.3 Å². The van der Waals surface area contributed by atoms with E-state index in [0.717, 1.165) is 86.1 Å². The van der Waals surface area contributed by atoms with Gasteiger partial charge >= 0.3 is 0 Å². The van der Waals surface area contributed by atoms with E-state index in [4.69, 9.17) is 14.5 Å². The number of methoxy groups -OCH3 is 1. The number of nitrogens with one attached hydrogen (secondary N) is 2. The minimum atomic E-state index is -0.227. The summed E-state index contributed by atoms with van der Waals surface area (Å²) in [5.74, 6) is 1.73. The second kappa shape index (κ2) is 11.6. The predicted molar refractivity (Wildman–Crippen MR) is 146 cm³/mol. The lowest BCUT2D eigenvalue weighted by molar-refractivity contribution is -0.124. The zero-order valence-electron chi connectivity index (χ0n) is 22.4. The number of rotatable bonds is 12. The van der Waals surface area contributed by atoms with Crippen molar-refractivity contribution >= 4 is 22.6 Å². The summed E-state index contributed by atoms with van der Waals surface area (Å²) in [7, 11) is 1.62. The lowest BCUT2D eigenvalue weighted by Crippen LogP contribution is -2.33. The fourth-order valence-corrected chi connectivity index (χ4v) is 5.72. The molecule has 2 fully saturated rings. The van der Waals surface area contributed by atoms with Crippen molar-refractivity contribution in [3.05, 3.63) is 42.4 Å². The quantitative estimate of drug-likeness (QED) is 0.305. The first-order valence-electron chi connectivity index (χ1n) is 13.9. The molecule has 8 heteroatoms. The molecule has 1 aliphatic heterocycles. The van der Waals surface area contributed by atoms with E-state index in [9.17, 15) is 9.59 Å². The fourth-order valence-electron chi connectivity index (χ4n) is 5.72. The van der Waals surface area contributed by atoms with Crippen LogP contribution in [0.5, 0.6) is 5.88 Å². The molecule has 1 saturated carbocycles. The minimum Gasteiger partial charge on any atom is -0.480 e. The third-order valence-electron chi connectivity index (χ3n) is 8.25. The molecule has 2 aromatic heterocycles. The number of Topliss-reactive ketones (excluding diaryl/α,β-unsaturated/α-hetero) is 1. The van der Waals surface area contributed by atoms with Gasteiger partial charge in [0.25, 0.3) is 0 Å². The number of hydrogen-bond donors (Lipinski definition) is 2. The molecule has 2 atom stereocenters. The largest absolute Gasteiger partial charge is 0.480 e. The highest BCUT2D eigenvalue weighted by molar-refractivity contribution is 5.85. The van der Waals surface area contributed by atoms with Gasteiger partial charge in [-0.3, -0.25) is 9.59 Å². The minimum absolute atomic E-state index is 0.0512. The van der Waals surface area contributed by atoms with Gasteiger partial charge in [0.05, 0.1) is 36.1 Å². The van der Waals surface area contributed by atoms with Gasteiger partial charge in [0.15, 0.2) is 0 Å². The van der Waals surface area contributed by atoms with Crippen molar-refractivity contribution in [1.82, 2.24) is 20.3 Å². The number of nitrogens with zero attached hydrogens (tertiary/aromatic N) is 2. The predicted octanol–water partition coefficient (Wildman–Crippen LogP) is 5.54. The summed E-state index contributed by atoms with van der Waals surface area (Å²) in [5, 5.41) is 4.33. The van der Waals surface area contributed by atoms with E-state index >= 15 is 0 Å². The van der Waals surface area contributed by atoms with Gasteiger partial charge in [-0.1, -0.05) is 38.0 Å². The van der Waals surface area contributed by atoms with Crippen molar-refractivity contribution in [2.75, 3.05) is 20.3 Å². The Kier molecular flexibility index (Phi) is 8.07. The Labute approximate surface area is 223 Å². The molecule has 1 saturated heterocycles. The standard InChI is InChI=1S/C30H38N4O4/c1-3-21(35)10-5-4-6-12-25(33-28(36)23-18-30(23)13-15-38-16-14-30)27-31-19-26(32-27)22-17-20-9-7-8-11-24(20)34-29(22)37-2/h7-9,11,17,19,23,25H,3-6,10,12-16,18H2,1-2H3,(H,31,32)(H,33,36)/t23-,25+/m1/s1. The zero-order chi connectivity index (χ0) is 26.5. The number of imidazole rings is 1. The zero-order valence-corrected chi connectivity index (χ0v) is 22.4. The molecule has 202 valence electrons. The second-order valence-corrected chi connectivity index (χ2v) is 10.7. The number of H-pyrrole nitrogens is 1. The third-order valence-corrected chi connectivity index (χ3v) is 8.25. The number of amides is 1. The van der Waals surface area contributed by atoms with E-state index in [1.807, 2.05) is 31.2 Å². The molecule has 3 aromatic rings. The van der Waals surface area contributed by atoms with E-state index in [1.165, 1.54) is 0 Å². The van der Waals surface area contributed by atoms with Crippen molar-refractivity contribution in [3.63, 3.8) is 0 Å². The van der Waals surface area contributed by atoms with Crippen LogP contribution >= 0.6 is 0 Å². The van der Waals surface area contributed by atoms with Crippen LogP contribution in [0.3, 0.4) is 0 Å². The Hall–Kier alpha value is -3.26. The van der Waals surface area contributed by atoms with Gasteiger partial charge in [-0.05, 0) is 49.7 Å². The molecule has 0 bridgehead atoms. The number of ketones is 1. The first kappa shape index (κ1) is 26.4. The molecule has 1 spiro atoms. The number of fused-ring (bicyclic) bond motifs is 1. The smallest absolute Gasteiger partial charge is 0.224 e. The average Bonchev–Trinajstić information content (AvgIpc) is 3.40. The molecule has 0 radical (unpaired) electrons. The molecule has 2 aliphatic rings. The molecule has 1 aliphatic carbocycles. The monoisotopic (exact) mass is 518 g/mol. The molecular formula is C30H38N4O4. The number of carbonyl (C=O) groups is 2. The maximum Gasteiger partial charge on any atom is 0.224 e. The topological polar surface area (TPSA) is 106 Å². The van der Waals surface area contributed by atoms with Gasteiger partial charge in [-0.2, -0.15) is 0 Å². The highest BCUT2D eigenvalue weighted by atomic mass is 16.5. The summed E-state index contributed by atoms with van der Waals surface area (Å²) >= 11 is 0. The summed E-state index contributed by atoms with van der Waals surface area (Å²) in [6.07, 6.45) is 9.35. The van der Waals surface area contributed by atoms with Gasteiger partial charge in [0.1, 0.15) is 11.6 Å². The SMILES string of the molecule is CCC(=O)CCCCC[C@H](NC(=O)[C@H]1CC12CCOCC2)c1ncc(-c2cc3ccccc3nc2OC)[nH]1.